The molecule has 0 amide bonds. The van der Waals surface area contributed by atoms with Gasteiger partial charge in [-0.15, -0.1) is 0 Å². The maximum absolute atomic E-state index is 13.4. The van der Waals surface area contributed by atoms with Crippen LogP contribution < -0.4 is 5.32 Å². The molecule has 1 atom stereocenters. The summed E-state index contributed by atoms with van der Waals surface area (Å²) in [5.74, 6) is 0.263. The molecule has 0 heterocycles. The lowest BCUT2D eigenvalue weighted by Gasteiger charge is -2.15. The Hall–Kier alpha value is -0.890. The van der Waals surface area contributed by atoms with Crippen LogP contribution in [0.2, 0.25) is 0 Å². The van der Waals surface area contributed by atoms with Crippen molar-refractivity contribution in [2.45, 2.75) is 25.7 Å². The molecule has 0 aromatic heterocycles. The van der Waals surface area contributed by atoms with Crippen molar-refractivity contribution in [1.29, 1.82) is 0 Å². The summed E-state index contributed by atoms with van der Waals surface area (Å²) in [5, 5.41) is 3.10. The highest BCUT2D eigenvalue weighted by molar-refractivity contribution is 5.21. The average molecular weight is 195 g/mol. The van der Waals surface area contributed by atoms with Gasteiger partial charge >= 0.3 is 0 Å². The molecule has 1 N–H and O–H groups in total. The van der Waals surface area contributed by atoms with E-state index in [1.165, 1.54) is 6.07 Å². The van der Waals surface area contributed by atoms with Crippen LogP contribution in [0, 0.1) is 5.82 Å². The summed E-state index contributed by atoms with van der Waals surface area (Å²) in [7, 11) is 1.92. The molecule has 1 rings (SSSR count). The molecule has 0 fully saturated rings. The molecule has 0 saturated heterocycles. The Morgan fingerprint density at radius 2 is 2.07 bits per heavy atom. The Kier molecular flexibility index (Phi) is 4.60. The first-order valence-electron chi connectivity index (χ1n) is 5.18. The van der Waals surface area contributed by atoms with Gasteiger partial charge < -0.3 is 5.32 Å². The fourth-order valence-corrected chi connectivity index (χ4v) is 1.70. The Morgan fingerprint density at radius 3 is 2.64 bits per heavy atom. The lowest BCUT2D eigenvalue weighted by atomic mass is 9.93. The molecule has 1 nitrogen and oxygen atoms in total. The molecule has 2 heteroatoms. The van der Waals surface area contributed by atoms with Gasteiger partial charge in [-0.1, -0.05) is 25.1 Å². The van der Waals surface area contributed by atoms with E-state index in [2.05, 4.69) is 12.2 Å². The minimum absolute atomic E-state index is 0.0737. The summed E-state index contributed by atoms with van der Waals surface area (Å²) in [4.78, 5) is 0. The lowest BCUT2D eigenvalue weighted by molar-refractivity contribution is 0.534. The number of halogens is 1. The SMILES string of the molecule is CCC(CCNC)c1ccccc1F. The Labute approximate surface area is 85.3 Å². The smallest absolute Gasteiger partial charge is 0.126 e. The van der Waals surface area contributed by atoms with E-state index < -0.39 is 0 Å². The first-order valence-corrected chi connectivity index (χ1v) is 5.18. The van der Waals surface area contributed by atoms with Crippen molar-refractivity contribution < 1.29 is 4.39 Å². The van der Waals surface area contributed by atoms with E-state index in [9.17, 15) is 4.39 Å². The van der Waals surface area contributed by atoms with Crippen LogP contribution >= 0.6 is 0 Å². The molecule has 0 bridgehead atoms. The van der Waals surface area contributed by atoms with Crippen molar-refractivity contribution in [2.75, 3.05) is 13.6 Å². The van der Waals surface area contributed by atoms with E-state index in [1.54, 1.807) is 6.07 Å². The van der Waals surface area contributed by atoms with E-state index in [4.69, 9.17) is 0 Å². The third-order valence-corrected chi connectivity index (χ3v) is 2.58. The molecular weight excluding hydrogens is 177 g/mol. The van der Waals surface area contributed by atoms with Gasteiger partial charge in [-0.25, -0.2) is 4.39 Å². The van der Waals surface area contributed by atoms with E-state index in [0.29, 0.717) is 5.92 Å². The molecule has 1 unspecified atom stereocenters. The van der Waals surface area contributed by atoms with E-state index in [1.807, 2.05) is 19.2 Å². The number of hydrogen-bond acceptors (Lipinski definition) is 1. The van der Waals surface area contributed by atoms with Crippen LogP contribution in [0.25, 0.3) is 0 Å². The van der Waals surface area contributed by atoms with Crippen LogP contribution in [-0.2, 0) is 0 Å². The first kappa shape index (κ1) is 11.2. The van der Waals surface area contributed by atoms with Crippen molar-refractivity contribution in [3.8, 4) is 0 Å². The predicted molar refractivity (Wildman–Crippen MR) is 58.0 cm³/mol. The van der Waals surface area contributed by atoms with Crippen molar-refractivity contribution in [1.82, 2.24) is 5.32 Å². The minimum Gasteiger partial charge on any atom is -0.320 e. The summed E-state index contributed by atoms with van der Waals surface area (Å²) in [6.07, 6.45) is 1.98. The zero-order valence-electron chi connectivity index (χ0n) is 8.89. The van der Waals surface area contributed by atoms with Crippen molar-refractivity contribution >= 4 is 0 Å². The maximum atomic E-state index is 13.4. The first-order chi connectivity index (χ1) is 6.79. The molecule has 0 aliphatic heterocycles. The fraction of sp³-hybridized carbons (Fsp3) is 0.500. The van der Waals surface area contributed by atoms with Gasteiger partial charge in [0.2, 0.25) is 0 Å². The normalized spacial score (nSPS) is 12.8. The van der Waals surface area contributed by atoms with Gasteiger partial charge in [0.05, 0.1) is 0 Å². The minimum atomic E-state index is -0.0737. The van der Waals surface area contributed by atoms with Crippen LogP contribution in [0.15, 0.2) is 24.3 Å². The topological polar surface area (TPSA) is 12.0 Å². The molecule has 0 saturated carbocycles. The van der Waals surface area contributed by atoms with Crippen LogP contribution in [0.1, 0.15) is 31.2 Å². The van der Waals surface area contributed by atoms with Gasteiger partial charge in [0, 0.05) is 0 Å². The van der Waals surface area contributed by atoms with Gasteiger partial charge in [0.15, 0.2) is 0 Å². The zero-order valence-corrected chi connectivity index (χ0v) is 8.89. The van der Waals surface area contributed by atoms with Crippen LogP contribution in [-0.4, -0.2) is 13.6 Å². The van der Waals surface area contributed by atoms with Gasteiger partial charge in [-0.3, -0.25) is 0 Å². The van der Waals surface area contributed by atoms with Gasteiger partial charge in [0.25, 0.3) is 0 Å². The number of nitrogens with one attached hydrogen (secondary N) is 1. The van der Waals surface area contributed by atoms with E-state index in [0.717, 1.165) is 24.9 Å². The summed E-state index contributed by atoms with van der Waals surface area (Å²) in [6.45, 7) is 3.04. The summed E-state index contributed by atoms with van der Waals surface area (Å²) in [6, 6.07) is 7.07. The third-order valence-electron chi connectivity index (χ3n) is 2.58. The molecule has 0 radical (unpaired) electrons. The van der Waals surface area contributed by atoms with Gasteiger partial charge in [-0.2, -0.15) is 0 Å². The molecule has 0 spiro atoms. The summed E-state index contributed by atoms with van der Waals surface area (Å²) >= 11 is 0. The van der Waals surface area contributed by atoms with Crippen LogP contribution in [0.5, 0.6) is 0 Å². The van der Waals surface area contributed by atoms with E-state index >= 15 is 0 Å². The Bertz CT molecular complexity index is 273. The molecule has 14 heavy (non-hydrogen) atoms. The molecule has 0 aliphatic rings. The van der Waals surface area contributed by atoms with Gasteiger partial charge in [0.1, 0.15) is 5.82 Å². The number of rotatable bonds is 5. The monoisotopic (exact) mass is 195 g/mol. The third kappa shape index (κ3) is 2.81. The zero-order chi connectivity index (χ0) is 10.4. The second kappa shape index (κ2) is 5.76. The Morgan fingerprint density at radius 1 is 1.36 bits per heavy atom. The maximum Gasteiger partial charge on any atom is 0.126 e. The quantitative estimate of drug-likeness (QED) is 0.761. The molecule has 1 aromatic carbocycles. The molecule has 1 aromatic rings. The standard InChI is InChI=1S/C12H18FN/c1-3-10(8-9-14-2)11-6-4-5-7-12(11)13/h4-7,10,14H,3,8-9H2,1-2H3. The summed E-state index contributed by atoms with van der Waals surface area (Å²) < 4.78 is 13.4. The molecule has 78 valence electrons. The average Bonchev–Trinajstić information content (AvgIpc) is 2.21. The second-order valence-electron chi connectivity index (χ2n) is 3.52. The van der Waals surface area contributed by atoms with Crippen LogP contribution in [0.4, 0.5) is 4.39 Å². The van der Waals surface area contributed by atoms with Crippen molar-refractivity contribution in [2.24, 2.45) is 0 Å². The highest BCUT2D eigenvalue weighted by atomic mass is 19.1. The number of hydrogen-bond donors (Lipinski definition) is 1. The van der Waals surface area contributed by atoms with Crippen molar-refractivity contribution in [3.05, 3.63) is 35.6 Å². The summed E-state index contributed by atoms with van der Waals surface area (Å²) in [5.41, 5.74) is 0.852. The van der Waals surface area contributed by atoms with Crippen molar-refractivity contribution in [3.63, 3.8) is 0 Å². The Balaban J connectivity index is 2.73. The molecular formula is C12H18FN. The largest absolute Gasteiger partial charge is 0.320 e. The highest BCUT2D eigenvalue weighted by Gasteiger charge is 2.12. The fourth-order valence-electron chi connectivity index (χ4n) is 1.70. The van der Waals surface area contributed by atoms with Crippen LogP contribution in [0.3, 0.4) is 0 Å². The van der Waals surface area contributed by atoms with Gasteiger partial charge in [-0.05, 0) is 44.0 Å². The molecule has 0 aliphatic carbocycles. The lowest BCUT2D eigenvalue weighted by Crippen LogP contribution is -2.12. The van der Waals surface area contributed by atoms with E-state index in [-0.39, 0.29) is 5.82 Å². The highest BCUT2D eigenvalue weighted by Crippen LogP contribution is 2.24. The second-order valence-corrected chi connectivity index (χ2v) is 3.52. The number of benzene rings is 1. The predicted octanol–water partition coefficient (Wildman–Crippen LogP) is 2.93.